The zero-order chi connectivity index (χ0) is 18.7. The van der Waals surface area contributed by atoms with E-state index in [9.17, 15) is 10.1 Å². The molecule has 3 rings (SSSR count). The van der Waals surface area contributed by atoms with Gasteiger partial charge in [0, 0.05) is 32.7 Å². The number of nitrogen functional groups attached to an aromatic ring is 1. The van der Waals surface area contributed by atoms with Crippen molar-refractivity contribution in [1.29, 1.82) is 0 Å². The van der Waals surface area contributed by atoms with Gasteiger partial charge in [-0.05, 0) is 18.4 Å². The number of nitro groups is 1. The van der Waals surface area contributed by atoms with Crippen LogP contribution < -0.4 is 10.6 Å². The van der Waals surface area contributed by atoms with Crippen molar-refractivity contribution in [1.82, 2.24) is 9.88 Å². The van der Waals surface area contributed by atoms with Gasteiger partial charge in [0.15, 0.2) is 0 Å². The van der Waals surface area contributed by atoms with Crippen molar-refractivity contribution < 1.29 is 4.92 Å². The number of hydrogen-bond donors (Lipinski definition) is 1. The average Bonchev–Trinajstić information content (AvgIpc) is 2.64. The van der Waals surface area contributed by atoms with Crippen molar-refractivity contribution in [2.45, 2.75) is 25.4 Å². The number of nitrogens with two attached hydrogens (primary N) is 1. The van der Waals surface area contributed by atoms with Crippen molar-refractivity contribution in [3.05, 3.63) is 57.2 Å². The van der Waals surface area contributed by atoms with E-state index in [2.05, 4.69) is 22.0 Å². The molecule has 0 aliphatic carbocycles. The van der Waals surface area contributed by atoms with Gasteiger partial charge in [-0.25, -0.2) is 4.98 Å². The smallest absolute Gasteiger partial charge is 0.335 e. The molecule has 138 valence electrons. The molecule has 2 N–H and O–H groups in total. The summed E-state index contributed by atoms with van der Waals surface area (Å²) in [4.78, 5) is 19.0. The van der Waals surface area contributed by atoms with E-state index in [4.69, 9.17) is 17.3 Å². The molecule has 1 aromatic heterocycles. The van der Waals surface area contributed by atoms with Crippen LogP contribution in [-0.4, -0.2) is 41.0 Å². The van der Waals surface area contributed by atoms with Gasteiger partial charge < -0.3 is 10.6 Å². The Morgan fingerprint density at radius 2 is 2.00 bits per heavy atom. The lowest BCUT2D eigenvalue weighted by Gasteiger charge is -2.37. The van der Waals surface area contributed by atoms with Crippen molar-refractivity contribution in [2.24, 2.45) is 0 Å². The second-order valence-corrected chi connectivity index (χ2v) is 6.96. The van der Waals surface area contributed by atoms with Crippen LogP contribution >= 0.6 is 11.6 Å². The molecule has 7 nitrogen and oxygen atoms in total. The normalized spacial score (nSPS) is 15.8. The summed E-state index contributed by atoms with van der Waals surface area (Å²) in [6.07, 6.45) is 3.18. The van der Waals surface area contributed by atoms with Crippen LogP contribution in [0.4, 0.5) is 17.2 Å². The first-order valence-corrected chi connectivity index (χ1v) is 8.92. The molecule has 0 bridgehead atoms. The fourth-order valence-electron chi connectivity index (χ4n) is 3.49. The molecular formula is C18H22ClN5O2. The Hall–Kier alpha value is -2.38. The number of nitrogens with zero attached hydrogens (tertiary/aromatic N) is 4. The summed E-state index contributed by atoms with van der Waals surface area (Å²) in [5.74, 6) is -0.109. The van der Waals surface area contributed by atoms with E-state index in [1.807, 2.05) is 30.1 Å². The van der Waals surface area contributed by atoms with Crippen LogP contribution in [0.1, 0.15) is 18.4 Å². The van der Waals surface area contributed by atoms with E-state index < -0.39 is 4.92 Å². The van der Waals surface area contributed by atoms with Crippen LogP contribution in [-0.2, 0) is 6.54 Å². The first-order chi connectivity index (χ1) is 12.5. The maximum Gasteiger partial charge on any atom is 0.335 e. The summed E-state index contributed by atoms with van der Waals surface area (Å²) in [5.41, 5.74) is 7.15. The molecule has 0 spiro atoms. The molecule has 1 fully saturated rings. The molecule has 0 radical (unpaired) electrons. The highest BCUT2D eigenvalue weighted by Gasteiger charge is 2.31. The van der Waals surface area contributed by atoms with Crippen LogP contribution in [0.15, 0.2) is 36.5 Å². The van der Waals surface area contributed by atoms with Crippen LogP contribution in [0, 0.1) is 10.1 Å². The van der Waals surface area contributed by atoms with Gasteiger partial charge in [0.1, 0.15) is 5.69 Å². The van der Waals surface area contributed by atoms with Gasteiger partial charge in [-0.2, -0.15) is 0 Å². The number of piperidine rings is 1. The fourth-order valence-corrected chi connectivity index (χ4v) is 3.76. The van der Waals surface area contributed by atoms with Gasteiger partial charge >= 0.3 is 5.69 Å². The van der Waals surface area contributed by atoms with Gasteiger partial charge in [-0.15, -0.1) is 0 Å². The number of rotatable bonds is 5. The SMILES string of the molecule is CN(c1c(Cl)cnc(N)c1[N+](=O)[O-])C1CCN(Cc2ccccc2)CC1. The molecule has 1 aromatic carbocycles. The number of benzene rings is 1. The Morgan fingerprint density at radius 1 is 1.35 bits per heavy atom. The molecule has 26 heavy (non-hydrogen) atoms. The van der Waals surface area contributed by atoms with Gasteiger partial charge in [0.25, 0.3) is 0 Å². The summed E-state index contributed by atoms with van der Waals surface area (Å²) >= 11 is 6.22. The van der Waals surface area contributed by atoms with Gasteiger partial charge in [-0.1, -0.05) is 41.9 Å². The van der Waals surface area contributed by atoms with Crippen molar-refractivity contribution in [3.63, 3.8) is 0 Å². The van der Waals surface area contributed by atoms with Crippen molar-refractivity contribution in [2.75, 3.05) is 30.8 Å². The predicted octanol–water partition coefficient (Wildman–Crippen LogP) is 3.33. The zero-order valence-corrected chi connectivity index (χ0v) is 15.4. The molecule has 1 aliphatic rings. The highest BCUT2D eigenvalue weighted by Crippen LogP contribution is 2.39. The quantitative estimate of drug-likeness (QED) is 0.637. The van der Waals surface area contributed by atoms with E-state index in [-0.39, 0.29) is 22.6 Å². The van der Waals surface area contributed by atoms with Crippen LogP contribution in [0.3, 0.4) is 0 Å². The summed E-state index contributed by atoms with van der Waals surface area (Å²) in [6.45, 7) is 2.77. The van der Waals surface area contributed by atoms with E-state index >= 15 is 0 Å². The minimum atomic E-state index is -0.509. The topological polar surface area (TPSA) is 88.5 Å². The third kappa shape index (κ3) is 3.89. The molecule has 1 aliphatic heterocycles. The maximum atomic E-state index is 11.4. The van der Waals surface area contributed by atoms with Crippen molar-refractivity contribution >= 4 is 28.8 Å². The van der Waals surface area contributed by atoms with E-state index in [0.717, 1.165) is 32.5 Å². The molecular weight excluding hydrogens is 354 g/mol. The lowest BCUT2D eigenvalue weighted by atomic mass is 10.0. The fraction of sp³-hybridized carbons (Fsp3) is 0.389. The number of likely N-dealkylation sites (tertiary alicyclic amines) is 1. The average molecular weight is 376 g/mol. The molecule has 1 saturated heterocycles. The minimum Gasteiger partial charge on any atom is -0.378 e. The molecule has 0 saturated carbocycles. The summed E-state index contributed by atoms with van der Waals surface area (Å²) < 4.78 is 0. The monoisotopic (exact) mass is 375 g/mol. The molecule has 0 unspecified atom stereocenters. The lowest BCUT2D eigenvalue weighted by molar-refractivity contribution is -0.383. The Balaban J connectivity index is 1.70. The standard InChI is InChI=1S/C18H22ClN5O2/c1-22(16-15(19)11-21-18(20)17(16)24(25)26)14-7-9-23(10-8-14)12-13-5-3-2-4-6-13/h2-6,11,14H,7-10,12H2,1H3,(H2,20,21). The van der Waals surface area contributed by atoms with Gasteiger partial charge in [0.05, 0.1) is 16.1 Å². The third-order valence-corrected chi connectivity index (χ3v) is 5.18. The van der Waals surface area contributed by atoms with Crippen molar-refractivity contribution in [3.8, 4) is 0 Å². The van der Waals surface area contributed by atoms with E-state index in [0.29, 0.717) is 5.69 Å². The number of hydrogen-bond acceptors (Lipinski definition) is 6. The van der Waals surface area contributed by atoms with E-state index in [1.165, 1.54) is 11.8 Å². The summed E-state index contributed by atoms with van der Waals surface area (Å²) in [6, 6.07) is 10.5. The Bertz CT molecular complexity index is 779. The highest BCUT2D eigenvalue weighted by molar-refractivity contribution is 6.33. The Kier molecular flexibility index (Phi) is 5.58. The number of anilines is 2. The predicted molar refractivity (Wildman–Crippen MR) is 103 cm³/mol. The third-order valence-electron chi connectivity index (χ3n) is 4.90. The Morgan fingerprint density at radius 3 is 2.62 bits per heavy atom. The molecule has 8 heteroatoms. The minimum absolute atomic E-state index is 0.109. The van der Waals surface area contributed by atoms with E-state index in [1.54, 1.807) is 0 Å². The molecule has 0 amide bonds. The van der Waals surface area contributed by atoms with Crippen LogP contribution in [0.2, 0.25) is 5.02 Å². The summed E-state index contributed by atoms with van der Waals surface area (Å²) in [5, 5.41) is 11.7. The number of aromatic nitrogens is 1. The number of pyridine rings is 1. The van der Waals surface area contributed by atoms with Crippen LogP contribution in [0.25, 0.3) is 0 Å². The zero-order valence-electron chi connectivity index (χ0n) is 14.6. The molecule has 0 atom stereocenters. The molecule has 2 heterocycles. The molecule has 2 aromatic rings. The summed E-state index contributed by atoms with van der Waals surface area (Å²) in [7, 11) is 1.84. The van der Waals surface area contributed by atoms with Crippen LogP contribution in [0.5, 0.6) is 0 Å². The lowest BCUT2D eigenvalue weighted by Crippen LogP contribution is -2.43. The Labute approximate surface area is 157 Å². The first kappa shape index (κ1) is 18.4. The highest BCUT2D eigenvalue weighted by atomic mass is 35.5. The van der Waals surface area contributed by atoms with Gasteiger partial charge in [0.2, 0.25) is 5.82 Å². The number of halogens is 1. The maximum absolute atomic E-state index is 11.4. The first-order valence-electron chi connectivity index (χ1n) is 8.55. The second kappa shape index (κ2) is 7.88. The van der Waals surface area contributed by atoms with Gasteiger partial charge in [-0.3, -0.25) is 15.0 Å². The second-order valence-electron chi connectivity index (χ2n) is 6.55. The largest absolute Gasteiger partial charge is 0.378 e.